The van der Waals surface area contributed by atoms with Gasteiger partial charge in [0.15, 0.2) is 0 Å². The van der Waals surface area contributed by atoms with Gasteiger partial charge in [-0.05, 0) is 18.1 Å². The maximum atomic E-state index is 2.34. The van der Waals surface area contributed by atoms with Crippen molar-refractivity contribution < 1.29 is 0 Å². The Hall–Kier alpha value is -1.82. The van der Waals surface area contributed by atoms with E-state index in [0.717, 1.165) is 0 Å². The molecule has 0 amide bonds. The first-order valence-electron chi connectivity index (χ1n) is 5.65. The summed E-state index contributed by atoms with van der Waals surface area (Å²) < 4.78 is 0. The monoisotopic (exact) mass is 206 g/mol. The standard InChI is InChI=1S/C16H14/c1-13-12-16(13,14-8-4-2-5-9-14)15-10-6-3-7-11-15/h2-12H,1H3. The van der Waals surface area contributed by atoms with Gasteiger partial charge < -0.3 is 0 Å². The van der Waals surface area contributed by atoms with Gasteiger partial charge in [-0.25, -0.2) is 0 Å². The molecular formula is C16H14. The first kappa shape index (κ1) is 9.41. The molecule has 0 heterocycles. The lowest BCUT2D eigenvalue weighted by Crippen LogP contribution is -2.12. The summed E-state index contributed by atoms with van der Waals surface area (Å²) in [5.74, 6) is 0. The summed E-state index contributed by atoms with van der Waals surface area (Å²) in [5.41, 5.74) is 4.28. The molecule has 0 heteroatoms. The van der Waals surface area contributed by atoms with Gasteiger partial charge in [0.05, 0.1) is 5.41 Å². The molecule has 0 unspecified atom stereocenters. The summed E-state index contributed by atoms with van der Waals surface area (Å²) in [6.07, 6.45) is 2.34. The fourth-order valence-corrected chi connectivity index (χ4v) is 2.48. The van der Waals surface area contributed by atoms with Crippen molar-refractivity contribution in [1.29, 1.82) is 0 Å². The molecular weight excluding hydrogens is 192 g/mol. The average molecular weight is 206 g/mol. The number of hydrogen-bond donors (Lipinski definition) is 0. The van der Waals surface area contributed by atoms with Crippen LogP contribution in [0, 0.1) is 0 Å². The minimum absolute atomic E-state index is 0.0858. The molecule has 0 N–H and O–H groups in total. The summed E-state index contributed by atoms with van der Waals surface area (Å²) in [4.78, 5) is 0. The molecule has 3 rings (SSSR count). The largest absolute Gasteiger partial charge is 0.0651 e. The van der Waals surface area contributed by atoms with Crippen molar-refractivity contribution in [2.45, 2.75) is 12.3 Å². The Kier molecular flexibility index (Phi) is 1.97. The van der Waals surface area contributed by atoms with Crippen LogP contribution in [-0.4, -0.2) is 0 Å². The van der Waals surface area contributed by atoms with Crippen LogP contribution in [0.1, 0.15) is 18.1 Å². The summed E-state index contributed by atoms with van der Waals surface area (Å²) in [5, 5.41) is 0. The fourth-order valence-electron chi connectivity index (χ4n) is 2.48. The summed E-state index contributed by atoms with van der Waals surface area (Å²) >= 11 is 0. The van der Waals surface area contributed by atoms with Gasteiger partial charge in [0.25, 0.3) is 0 Å². The molecule has 0 fully saturated rings. The zero-order chi connectivity index (χ0) is 11.0. The molecule has 0 saturated heterocycles. The van der Waals surface area contributed by atoms with Crippen LogP contribution in [0.4, 0.5) is 0 Å². The fraction of sp³-hybridized carbons (Fsp3) is 0.125. The second-order valence-corrected chi connectivity index (χ2v) is 4.37. The van der Waals surface area contributed by atoms with Crippen molar-refractivity contribution in [3.63, 3.8) is 0 Å². The minimum atomic E-state index is 0.0858. The molecule has 16 heavy (non-hydrogen) atoms. The smallest absolute Gasteiger partial charge is 0.0592 e. The lowest BCUT2D eigenvalue weighted by Gasteiger charge is -2.19. The van der Waals surface area contributed by atoms with E-state index in [9.17, 15) is 0 Å². The molecule has 2 aromatic rings. The van der Waals surface area contributed by atoms with E-state index in [0.29, 0.717) is 0 Å². The van der Waals surface area contributed by atoms with Gasteiger partial charge in [0.2, 0.25) is 0 Å². The van der Waals surface area contributed by atoms with Crippen molar-refractivity contribution >= 4 is 0 Å². The van der Waals surface area contributed by atoms with Crippen LogP contribution in [0.3, 0.4) is 0 Å². The zero-order valence-corrected chi connectivity index (χ0v) is 9.35. The highest BCUT2D eigenvalue weighted by Crippen LogP contribution is 2.51. The van der Waals surface area contributed by atoms with Crippen molar-refractivity contribution in [2.24, 2.45) is 0 Å². The third-order valence-electron chi connectivity index (χ3n) is 3.43. The van der Waals surface area contributed by atoms with Crippen molar-refractivity contribution in [3.8, 4) is 0 Å². The quantitative estimate of drug-likeness (QED) is 0.653. The van der Waals surface area contributed by atoms with Gasteiger partial charge in [0, 0.05) is 0 Å². The van der Waals surface area contributed by atoms with E-state index in [4.69, 9.17) is 0 Å². The molecule has 2 aromatic carbocycles. The predicted molar refractivity (Wildman–Crippen MR) is 67.4 cm³/mol. The highest BCUT2D eigenvalue weighted by Gasteiger charge is 2.43. The normalized spacial score (nSPS) is 16.7. The maximum absolute atomic E-state index is 2.34. The lowest BCUT2D eigenvalue weighted by atomic mass is 9.83. The van der Waals surface area contributed by atoms with E-state index in [1.165, 1.54) is 16.7 Å². The predicted octanol–water partition coefficient (Wildman–Crippen LogP) is 3.93. The van der Waals surface area contributed by atoms with Crippen molar-refractivity contribution in [3.05, 3.63) is 83.4 Å². The molecule has 0 radical (unpaired) electrons. The van der Waals surface area contributed by atoms with Gasteiger partial charge in [-0.1, -0.05) is 72.3 Å². The Balaban J connectivity index is 2.10. The van der Waals surface area contributed by atoms with E-state index in [-0.39, 0.29) is 5.41 Å². The van der Waals surface area contributed by atoms with E-state index in [2.05, 4.69) is 73.7 Å². The Morgan fingerprint density at radius 3 is 1.38 bits per heavy atom. The third-order valence-corrected chi connectivity index (χ3v) is 3.43. The Labute approximate surface area is 96.3 Å². The molecule has 0 aliphatic heterocycles. The van der Waals surface area contributed by atoms with Crippen LogP contribution in [0.25, 0.3) is 0 Å². The van der Waals surface area contributed by atoms with E-state index >= 15 is 0 Å². The molecule has 0 saturated carbocycles. The maximum Gasteiger partial charge on any atom is 0.0592 e. The van der Waals surface area contributed by atoms with Gasteiger partial charge in [-0.2, -0.15) is 0 Å². The second kappa shape index (κ2) is 3.34. The summed E-state index contributed by atoms with van der Waals surface area (Å²) in [6.45, 7) is 2.21. The van der Waals surface area contributed by atoms with Crippen LogP contribution in [0.2, 0.25) is 0 Å². The lowest BCUT2D eigenvalue weighted by molar-refractivity contribution is 0.893. The number of hydrogen-bond acceptors (Lipinski definition) is 0. The van der Waals surface area contributed by atoms with Gasteiger partial charge >= 0.3 is 0 Å². The molecule has 0 spiro atoms. The summed E-state index contributed by atoms with van der Waals surface area (Å²) in [7, 11) is 0. The van der Waals surface area contributed by atoms with Gasteiger partial charge in [0.1, 0.15) is 0 Å². The van der Waals surface area contributed by atoms with Gasteiger partial charge in [-0.15, -0.1) is 0 Å². The van der Waals surface area contributed by atoms with Crippen LogP contribution in [-0.2, 0) is 5.41 Å². The van der Waals surface area contributed by atoms with Crippen LogP contribution in [0.5, 0.6) is 0 Å². The molecule has 1 aliphatic carbocycles. The van der Waals surface area contributed by atoms with E-state index in [1.807, 2.05) is 0 Å². The third kappa shape index (κ3) is 1.23. The second-order valence-electron chi connectivity index (χ2n) is 4.37. The van der Waals surface area contributed by atoms with E-state index < -0.39 is 0 Å². The molecule has 1 aliphatic rings. The Bertz CT molecular complexity index is 481. The number of allylic oxidation sites excluding steroid dienone is 2. The first-order valence-corrected chi connectivity index (χ1v) is 5.65. The minimum Gasteiger partial charge on any atom is -0.0651 e. The van der Waals surface area contributed by atoms with Crippen LogP contribution < -0.4 is 0 Å². The van der Waals surface area contributed by atoms with Crippen molar-refractivity contribution in [1.82, 2.24) is 0 Å². The first-order chi connectivity index (χ1) is 7.84. The molecule has 0 aromatic heterocycles. The molecule has 0 atom stereocenters. The van der Waals surface area contributed by atoms with Crippen LogP contribution >= 0.6 is 0 Å². The average Bonchev–Trinajstić information content (AvgIpc) is 3.05. The molecule has 0 nitrogen and oxygen atoms in total. The molecule has 0 bridgehead atoms. The Morgan fingerprint density at radius 2 is 1.06 bits per heavy atom. The topological polar surface area (TPSA) is 0 Å². The Morgan fingerprint density at radius 1 is 0.688 bits per heavy atom. The van der Waals surface area contributed by atoms with Crippen LogP contribution in [0.15, 0.2) is 72.3 Å². The van der Waals surface area contributed by atoms with E-state index in [1.54, 1.807) is 0 Å². The highest BCUT2D eigenvalue weighted by atomic mass is 14.5. The number of benzene rings is 2. The number of rotatable bonds is 2. The highest BCUT2D eigenvalue weighted by molar-refractivity contribution is 5.63. The zero-order valence-electron chi connectivity index (χ0n) is 9.35. The molecule has 78 valence electrons. The summed E-state index contributed by atoms with van der Waals surface area (Å²) in [6, 6.07) is 21.4. The SMILES string of the molecule is CC1=CC1(c1ccccc1)c1ccccc1. The van der Waals surface area contributed by atoms with Gasteiger partial charge in [-0.3, -0.25) is 0 Å². The van der Waals surface area contributed by atoms with Crippen molar-refractivity contribution in [2.75, 3.05) is 0 Å².